The molecule has 0 fully saturated rings. The van der Waals surface area contributed by atoms with Crippen LogP contribution in [0.2, 0.25) is 0 Å². The van der Waals surface area contributed by atoms with Crippen molar-refractivity contribution >= 4 is 41.5 Å². The molecule has 2 aromatic heterocycles. The largest absolute Gasteiger partial charge is 0.480 e. The third-order valence-corrected chi connectivity index (χ3v) is 7.47. The lowest BCUT2D eigenvalue weighted by Gasteiger charge is -2.21. The van der Waals surface area contributed by atoms with Crippen LogP contribution in [0.4, 0.5) is 10.7 Å². The van der Waals surface area contributed by atoms with E-state index in [1.54, 1.807) is 39.2 Å². The number of anilines is 1. The molecule has 3 aromatic rings. The molecule has 13 nitrogen and oxygen atoms in total. The van der Waals surface area contributed by atoms with E-state index >= 15 is 0 Å². The monoisotopic (exact) mass is 636 g/mol. The van der Waals surface area contributed by atoms with E-state index in [9.17, 15) is 19.5 Å². The Balaban J connectivity index is 1.62. The van der Waals surface area contributed by atoms with Crippen LogP contribution >= 0.6 is 11.3 Å². The Kier molecular flexibility index (Phi) is 11.4. The molecule has 1 atom stereocenters. The Morgan fingerprint density at radius 2 is 1.87 bits per heavy atom. The van der Waals surface area contributed by atoms with Crippen molar-refractivity contribution in [2.24, 2.45) is 10.7 Å². The van der Waals surface area contributed by atoms with Gasteiger partial charge >= 0.3 is 12.1 Å². The number of carboxylic acid groups (broad SMARTS) is 1. The zero-order chi connectivity index (χ0) is 33.4. The minimum absolute atomic E-state index is 0.116. The molecule has 1 unspecified atom stereocenters. The number of rotatable bonds is 11. The predicted molar refractivity (Wildman–Crippen MR) is 174 cm³/mol. The van der Waals surface area contributed by atoms with Crippen LogP contribution in [0.25, 0.3) is 11.3 Å². The first kappa shape index (κ1) is 34.6. The van der Waals surface area contributed by atoms with Crippen molar-refractivity contribution in [1.82, 2.24) is 25.6 Å². The Morgan fingerprint density at radius 3 is 2.47 bits per heavy atom. The van der Waals surface area contributed by atoms with Gasteiger partial charge in [0, 0.05) is 36.1 Å². The van der Waals surface area contributed by atoms with Gasteiger partial charge in [-0.2, -0.15) is 0 Å². The number of aliphatic carboxylic acids is 1. The van der Waals surface area contributed by atoms with Gasteiger partial charge in [-0.25, -0.2) is 24.5 Å². The molecule has 0 aliphatic heterocycles. The lowest BCUT2D eigenvalue weighted by Crippen LogP contribution is -2.45. The van der Waals surface area contributed by atoms with E-state index in [0.29, 0.717) is 22.8 Å². The number of benzene rings is 1. The molecule has 2 heterocycles. The number of aliphatic imine (C=N–C) groups is 1. The molecule has 14 heteroatoms. The van der Waals surface area contributed by atoms with Crippen molar-refractivity contribution < 1.29 is 24.2 Å². The van der Waals surface area contributed by atoms with Gasteiger partial charge in [-0.05, 0) is 51.0 Å². The number of thiazole rings is 1. The Hall–Kier alpha value is -4.85. The third-order valence-electron chi connectivity index (χ3n) is 6.05. The van der Waals surface area contributed by atoms with Gasteiger partial charge in [-0.15, -0.1) is 11.3 Å². The average Bonchev–Trinajstić information content (AvgIpc) is 3.46. The lowest BCUT2D eigenvalue weighted by atomic mass is 9.98. The summed E-state index contributed by atoms with van der Waals surface area (Å²) in [6.45, 7) is 13.3. The van der Waals surface area contributed by atoms with Gasteiger partial charge in [0.15, 0.2) is 0 Å². The second-order valence-corrected chi connectivity index (χ2v) is 13.2. The van der Waals surface area contributed by atoms with Crippen LogP contribution in [-0.4, -0.2) is 62.4 Å². The predicted octanol–water partition coefficient (Wildman–Crippen LogP) is 4.40. The number of allylic oxidation sites excluding steroid dienone is 1. The second kappa shape index (κ2) is 14.8. The number of carboxylic acids is 1. The highest BCUT2D eigenvalue weighted by Crippen LogP contribution is 2.27. The van der Waals surface area contributed by atoms with Gasteiger partial charge < -0.3 is 31.5 Å². The molecule has 0 radical (unpaired) electrons. The van der Waals surface area contributed by atoms with E-state index in [0.717, 1.165) is 21.7 Å². The van der Waals surface area contributed by atoms with Crippen LogP contribution in [0.15, 0.2) is 53.5 Å². The van der Waals surface area contributed by atoms with Crippen LogP contribution in [0.5, 0.6) is 0 Å². The molecule has 3 rings (SSSR count). The van der Waals surface area contributed by atoms with Crippen molar-refractivity contribution in [2.45, 2.75) is 72.1 Å². The summed E-state index contributed by atoms with van der Waals surface area (Å²) in [6, 6.07) is 6.29. The maximum Gasteiger partial charge on any atom is 0.408 e. The Morgan fingerprint density at radius 1 is 1.13 bits per heavy atom. The van der Waals surface area contributed by atoms with E-state index in [1.165, 1.54) is 23.8 Å². The summed E-state index contributed by atoms with van der Waals surface area (Å²) in [7, 11) is 0. The van der Waals surface area contributed by atoms with E-state index in [-0.39, 0.29) is 23.8 Å². The fourth-order valence-electron chi connectivity index (χ4n) is 3.76. The topological polar surface area (TPSA) is 194 Å². The molecule has 0 spiro atoms. The van der Waals surface area contributed by atoms with Crippen molar-refractivity contribution in [1.29, 1.82) is 0 Å². The smallest absolute Gasteiger partial charge is 0.408 e. The summed E-state index contributed by atoms with van der Waals surface area (Å²) in [5.41, 5.74) is 8.58. The molecule has 45 heavy (non-hydrogen) atoms. The third kappa shape index (κ3) is 10.7. The molecule has 0 saturated heterocycles. The first-order chi connectivity index (χ1) is 21.1. The van der Waals surface area contributed by atoms with E-state index < -0.39 is 23.7 Å². The molecule has 240 valence electrons. The van der Waals surface area contributed by atoms with Crippen molar-refractivity contribution in [3.63, 3.8) is 0 Å². The summed E-state index contributed by atoms with van der Waals surface area (Å²) in [6.07, 6.45) is 4.91. The molecule has 0 bridgehead atoms. The normalized spacial score (nSPS) is 12.9. The Bertz CT molecular complexity index is 1590. The highest BCUT2D eigenvalue weighted by molar-refractivity contribution is 7.13. The van der Waals surface area contributed by atoms with Crippen molar-refractivity contribution in [3.05, 3.63) is 69.6 Å². The molecule has 2 amide bonds. The number of alkyl carbamates (subject to hydrolysis) is 1. The van der Waals surface area contributed by atoms with Crippen molar-refractivity contribution in [3.8, 4) is 11.3 Å². The van der Waals surface area contributed by atoms with Crippen LogP contribution < -0.4 is 21.7 Å². The number of nitrogens with one attached hydrogen (secondary N) is 3. The molecule has 0 saturated carbocycles. The SMILES string of the molecule is Cc1cc(-c2ccnc(NC(C=NCC(NC(=O)OC(C)(C)C)C(=O)O)=CN)n2)ccc1CNC(=O)c1cnc(C(C)(C)C)s1. The first-order valence-electron chi connectivity index (χ1n) is 14.1. The summed E-state index contributed by atoms with van der Waals surface area (Å²) < 4.78 is 5.11. The van der Waals surface area contributed by atoms with Gasteiger partial charge in [0.1, 0.15) is 16.5 Å². The lowest BCUT2D eigenvalue weighted by molar-refractivity contribution is -0.139. The van der Waals surface area contributed by atoms with Crippen LogP contribution in [0.1, 0.15) is 67.3 Å². The number of ether oxygens (including phenoxy) is 1. The van der Waals surface area contributed by atoms with E-state index in [4.69, 9.17) is 10.5 Å². The van der Waals surface area contributed by atoms with Crippen LogP contribution in [0, 0.1) is 6.92 Å². The molecule has 0 aliphatic carbocycles. The average molecular weight is 637 g/mol. The standard InChI is InChI=1S/C31H40N8O5S/c1-18-12-19(8-9-20(18)14-35-25(40)24-17-36-27(45-24)30(2,3)4)22-10-11-34-28(38-22)37-21(13-32)15-33-16-23(26(41)42)39-29(43)44-31(5,6)7/h8-13,15,17,23H,14,16,32H2,1-7H3,(H,35,40)(H,39,43)(H,41,42)(H,34,37,38). The number of hydrogen-bond acceptors (Lipinski definition) is 11. The number of aromatic nitrogens is 3. The molecule has 1 aromatic carbocycles. The summed E-state index contributed by atoms with van der Waals surface area (Å²) in [5, 5.41) is 18.6. The summed E-state index contributed by atoms with van der Waals surface area (Å²) in [5.74, 6) is -1.19. The molecular weight excluding hydrogens is 596 g/mol. The van der Waals surface area contributed by atoms with Gasteiger partial charge in [-0.1, -0.05) is 32.9 Å². The maximum absolute atomic E-state index is 12.7. The van der Waals surface area contributed by atoms with Crippen LogP contribution in [-0.2, 0) is 21.5 Å². The molecule has 0 aliphatic rings. The summed E-state index contributed by atoms with van der Waals surface area (Å²) >= 11 is 1.40. The molecular formula is C31H40N8O5S. The number of aryl methyl sites for hydroxylation is 1. The number of nitrogens with zero attached hydrogens (tertiary/aromatic N) is 4. The maximum atomic E-state index is 12.7. The minimum Gasteiger partial charge on any atom is -0.480 e. The van der Waals surface area contributed by atoms with Gasteiger partial charge in [0.2, 0.25) is 5.95 Å². The zero-order valence-corrected chi connectivity index (χ0v) is 27.3. The number of amides is 2. The molecule has 6 N–H and O–H groups in total. The second-order valence-electron chi connectivity index (χ2n) is 12.1. The van der Waals surface area contributed by atoms with Crippen molar-refractivity contribution in [2.75, 3.05) is 11.9 Å². The number of carbonyl (C=O) groups is 3. The van der Waals surface area contributed by atoms with Gasteiger partial charge in [0.05, 0.1) is 29.1 Å². The van der Waals surface area contributed by atoms with Crippen LogP contribution in [0.3, 0.4) is 0 Å². The number of carbonyl (C=O) groups excluding carboxylic acids is 2. The fraction of sp³-hybridized carbons (Fsp3) is 0.387. The number of nitrogens with two attached hydrogens (primary N) is 1. The number of hydrogen-bond donors (Lipinski definition) is 5. The minimum atomic E-state index is -1.30. The highest BCUT2D eigenvalue weighted by Gasteiger charge is 2.24. The Labute approximate surface area is 266 Å². The van der Waals surface area contributed by atoms with Gasteiger partial charge in [-0.3, -0.25) is 9.79 Å². The summed E-state index contributed by atoms with van der Waals surface area (Å²) in [4.78, 5) is 54.1. The zero-order valence-electron chi connectivity index (χ0n) is 26.5. The van der Waals surface area contributed by atoms with E-state index in [1.807, 2.05) is 25.1 Å². The highest BCUT2D eigenvalue weighted by atomic mass is 32.1. The van der Waals surface area contributed by atoms with Gasteiger partial charge in [0.25, 0.3) is 5.91 Å². The quantitative estimate of drug-likeness (QED) is 0.188. The fourth-order valence-corrected chi connectivity index (χ4v) is 4.65. The first-order valence-corrected chi connectivity index (χ1v) is 15.0. The van der Waals surface area contributed by atoms with E-state index in [2.05, 4.69) is 56.7 Å².